The molecule has 1 heterocycles. The molecule has 0 aromatic rings. The van der Waals surface area contributed by atoms with Crippen LogP contribution in [0.3, 0.4) is 0 Å². The molecule has 1 aliphatic heterocycles. The normalized spacial score (nSPS) is 20.9. The molecule has 0 radical (unpaired) electrons. The van der Waals surface area contributed by atoms with E-state index >= 15 is 0 Å². The second-order valence-corrected chi connectivity index (χ2v) is 8.39. The highest BCUT2D eigenvalue weighted by molar-refractivity contribution is 8.00. The van der Waals surface area contributed by atoms with E-state index in [2.05, 4.69) is 5.32 Å². The van der Waals surface area contributed by atoms with Gasteiger partial charge in [0.05, 0.1) is 0 Å². The number of amides is 2. The van der Waals surface area contributed by atoms with Crippen molar-refractivity contribution in [2.45, 2.75) is 37.6 Å². The van der Waals surface area contributed by atoms with Crippen molar-refractivity contribution >= 4 is 33.6 Å². The highest BCUT2D eigenvalue weighted by Gasteiger charge is 2.35. The largest absolute Gasteiger partial charge is 0.480 e. The minimum absolute atomic E-state index is 0.300. The number of hydrogen-bond donors (Lipinski definition) is 2. The van der Waals surface area contributed by atoms with Crippen molar-refractivity contribution in [2.24, 2.45) is 0 Å². The van der Waals surface area contributed by atoms with E-state index in [9.17, 15) is 18.0 Å². The zero-order valence-electron chi connectivity index (χ0n) is 12.2. The number of carboxylic acids is 1. The van der Waals surface area contributed by atoms with Crippen molar-refractivity contribution in [2.75, 3.05) is 24.3 Å². The average Bonchev–Trinajstić information content (AvgIpc) is 2.42. The Hall–Kier alpha value is -0.960. The van der Waals surface area contributed by atoms with Crippen molar-refractivity contribution in [3.05, 3.63) is 0 Å². The highest BCUT2D eigenvalue weighted by Crippen LogP contribution is 2.20. The van der Waals surface area contributed by atoms with E-state index in [1.54, 1.807) is 0 Å². The predicted molar refractivity (Wildman–Crippen MR) is 82.1 cm³/mol. The van der Waals surface area contributed by atoms with Crippen LogP contribution < -0.4 is 5.32 Å². The summed E-state index contributed by atoms with van der Waals surface area (Å²) in [5.74, 6) is -0.135. The molecular formula is C12H22N2O5S2. The van der Waals surface area contributed by atoms with Gasteiger partial charge in [-0.25, -0.2) is 18.0 Å². The van der Waals surface area contributed by atoms with Gasteiger partial charge in [0, 0.05) is 24.3 Å². The van der Waals surface area contributed by atoms with Crippen LogP contribution in [0.5, 0.6) is 0 Å². The lowest BCUT2D eigenvalue weighted by atomic mass is 10.1. The third-order valence-electron chi connectivity index (χ3n) is 3.28. The number of carbonyl (C=O) groups excluding carboxylic acids is 1. The molecule has 1 saturated heterocycles. The number of urea groups is 1. The monoisotopic (exact) mass is 338 g/mol. The number of carboxylic acid groups (broad SMARTS) is 1. The zero-order valence-corrected chi connectivity index (χ0v) is 13.9. The molecule has 1 unspecified atom stereocenters. The summed E-state index contributed by atoms with van der Waals surface area (Å²) >= 11 is 1.47. The standard InChI is InChI=1S/C12H22N2O5S2/c1-3-4-5-9(11(15)16)13-12(17)14-6-7-20-8-10(14)21(2,18)19/h9-10H,3-8H2,1-2H3,(H,13,17)(H,15,16)/t9-,10?/m0/s1. The molecule has 0 saturated carbocycles. The van der Waals surface area contributed by atoms with E-state index in [-0.39, 0.29) is 0 Å². The summed E-state index contributed by atoms with van der Waals surface area (Å²) in [5, 5.41) is 10.7. The van der Waals surface area contributed by atoms with E-state index in [1.165, 1.54) is 16.7 Å². The lowest BCUT2D eigenvalue weighted by molar-refractivity contribution is -0.139. The number of nitrogens with zero attached hydrogens (tertiary/aromatic N) is 1. The molecule has 9 heteroatoms. The zero-order chi connectivity index (χ0) is 16.0. The second kappa shape index (κ2) is 7.88. The number of hydrogen-bond acceptors (Lipinski definition) is 5. The summed E-state index contributed by atoms with van der Waals surface area (Å²) in [7, 11) is -3.40. The number of carbonyl (C=O) groups is 2. The Balaban J connectivity index is 2.77. The van der Waals surface area contributed by atoms with Gasteiger partial charge in [0.25, 0.3) is 0 Å². The number of unbranched alkanes of at least 4 members (excludes halogenated alkanes) is 1. The maximum Gasteiger partial charge on any atom is 0.326 e. The molecule has 7 nitrogen and oxygen atoms in total. The Bertz CT molecular complexity index is 480. The Morgan fingerprint density at radius 1 is 1.48 bits per heavy atom. The van der Waals surface area contributed by atoms with Crippen LogP contribution in [-0.2, 0) is 14.6 Å². The quantitative estimate of drug-likeness (QED) is 0.741. The summed E-state index contributed by atoms with van der Waals surface area (Å²) in [6, 6.07) is -1.60. The molecule has 2 atom stereocenters. The number of sulfone groups is 1. The van der Waals surface area contributed by atoms with Gasteiger partial charge in [-0.2, -0.15) is 11.8 Å². The van der Waals surface area contributed by atoms with Gasteiger partial charge in [0.15, 0.2) is 9.84 Å². The fraction of sp³-hybridized carbons (Fsp3) is 0.833. The van der Waals surface area contributed by atoms with Gasteiger partial charge in [-0.1, -0.05) is 19.8 Å². The first-order valence-corrected chi connectivity index (χ1v) is 9.94. The maximum absolute atomic E-state index is 12.2. The van der Waals surface area contributed by atoms with Crippen molar-refractivity contribution in [1.82, 2.24) is 10.2 Å². The molecule has 0 bridgehead atoms. The third kappa shape index (κ3) is 5.39. The summed E-state index contributed by atoms with van der Waals surface area (Å²) < 4.78 is 23.5. The Morgan fingerprint density at radius 3 is 2.67 bits per heavy atom. The van der Waals surface area contributed by atoms with Crippen molar-refractivity contribution in [1.29, 1.82) is 0 Å². The van der Waals surface area contributed by atoms with Gasteiger partial charge in [0.1, 0.15) is 11.4 Å². The van der Waals surface area contributed by atoms with Crippen LogP contribution in [0.2, 0.25) is 0 Å². The number of aliphatic carboxylic acids is 1. The van der Waals surface area contributed by atoms with E-state index in [1.807, 2.05) is 6.92 Å². The first-order chi connectivity index (χ1) is 9.77. The topological polar surface area (TPSA) is 104 Å². The van der Waals surface area contributed by atoms with Crippen LogP contribution in [0.4, 0.5) is 4.79 Å². The average molecular weight is 338 g/mol. The molecule has 1 fully saturated rings. The molecule has 1 rings (SSSR count). The van der Waals surface area contributed by atoms with Crippen LogP contribution in [0.1, 0.15) is 26.2 Å². The van der Waals surface area contributed by atoms with E-state index < -0.39 is 33.3 Å². The van der Waals surface area contributed by atoms with E-state index in [4.69, 9.17) is 5.11 Å². The van der Waals surface area contributed by atoms with Crippen LogP contribution in [0, 0.1) is 0 Å². The Morgan fingerprint density at radius 2 is 2.14 bits per heavy atom. The molecule has 21 heavy (non-hydrogen) atoms. The molecule has 1 aliphatic rings. The first-order valence-electron chi connectivity index (χ1n) is 6.84. The smallest absolute Gasteiger partial charge is 0.326 e. The minimum atomic E-state index is -3.40. The molecule has 2 amide bonds. The van der Waals surface area contributed by atoms with Crippen LogP contribution in [-0.4, -0.2) is 66.1 Å². The molecule has 0 aromatic carbocycles. The van der Waals surface area contributed by atoms with Gasteiger partial charge in [-0.3, -0.25) is 0 Å². The van der Waals surface area contributed by atoms with Gasteiger partial charge in [-0.15, -0.1) is 0 Å². The van der Waals surface area contributed by atoms with Gasteiger partial charge in [0.2, 0.25) is 0 Å². The third-order valence-corrected chi connectivity index (χ3v) is 5.93. The highest BCUT2D eigenvalue weighted by atomic mass is 32.2. The van der Waals surface area contributed by atoms with Gasteiger partial charge in [-0.05, 0) is 6.42 Å². The lowest BCUT2D eigenvalue weighted by Gasteiger charge is -2.34. The van der Waals surface area contributed by atoms with Crippen LogP contribution >= 0.6 is 11.8 Å². The summed E-state index contributed by atoms with van der Waals surface area (Å²) in [6.45, 7) is 2.23. The lowest BCUT2D eigenvalue weighted by Crippen LogP contribution is -2.56. The number of thioether (sulfide) groups is 1. The summed E-state index contributed by atoms with van der Waals surface area (Å²) in [4.78, 5) is 24.6. The van der Waals surface area contributed by atoms with E-state index in [0.29, 0.717) is 30.9 Å². The first kappa shape index (κ1) is 18.1. The van der Waals surface area contributed by atoms with Crippen LogP contribution in [0.15, 0.2) is 0 Å². The van der Waals surface area contributed by atoms with E-state index in [0.717, 1.165) is 12.7 Å². The molecule has 0 aromatic heterocycles. The molecular weight excluding hydrogens is 316 g/mol. The fourth-order valence-electron chi connectivity index (χ4n) is 2.07. The molecule has 0 spiro atoms. The number of nitrogens with one attached hydrogen (secondary N) is 1. The fourth-order valence-corrected chi connectivity index (χ4v) is 4.88. The molecule has 122 valence electrons. The van der Waals surface area contributed by atoms with Gasteiger partial charge >= 0.3 is 12.0 Å². The SMILES string of the molecule is CCCC[C@H](NC(=O)N1CCSCC1S(C)(=O)=O)C(=O)O. The minimum Gasteiger partial charge on any atom is -0.480 e. The molecule has 2 N–H and O–H groups in total. The summed E-state index contributed by atoms with van der Waals surface area (Å²) in [5.41, 5.74) is 0. The van der Waals surface area contributed by atoms with Gasteiger partial charge < -0.3 is 15.3 Å². The predicted octanol–water partition coefficient (Wildman–Crippen LogP) is 0.759. The van der Waals surface area contributed by atoms with Crippen molar-refractivity contribution in [3.63, 3.8) is 0 Å². The van der Waals surface area contributed by atoms with Crippen molar-refractivity contribution in [3.8, 4) is 0 Å². The maximum atomic E-state index is 12.2. The number of rotatable bonds is 6. The van der Waals surface area contributed by atoms with Crippen molar-refractivity contribution < 1.29 is 23.1 Å². The van der Waals surface area contributed by atoms with Crippen LogP contribution in [0.25, 0.3) is 0 Å². The Labute approximate surface area is 129 Å². The summed E-state index contributed by atoms with van der Waals surface area (Å²) in [6.07, 6.45) is 2.94. The Kier molecular flexibility index (Phi) is 6.79. The second-order valence-electron chi connectivity index (χ2n) is 5.04. The molecule has 0 aliphatic carbocycles.